The van der Waals surface area contributed by atoms with Crippen LogP contribution in [0.3, 0.4) is 0 Å². The second-order valence-corrected chi connectivity index (χ2v) is 7.17. The summed E-state index contributed by atoms with van der Waals surface area (Å²) in [6, 6.07) is 3.14. The maximum atomic E-state index is 9.46. The monoisotopic (exact) mass is 262 g/mol. The summed E-state index contributed by atoms with van der Waals surface area (Å²) in [4.78, 5) is 2.66. The molecule has 2 heteroatoms. The van der Waals surface area contributed by atoms with Crippen molar-refractivity contribution in [3.8, 4) is 6.07 Å². The molecule has 2 fully saturated rings. The van der Waals surface area contributed by atoms with E-state index in [4.69, 9.17) is 0 Å². The molecule has 2 nitrogen and oxygen atoms in total. The van der Waals surface area contributed by atoms with Gasteiger partial charge in [-0.15, -0.1) is 0 Å². The molecule has 5 unspecified atom stereocenters. The summed E-state index contributed by atoms with van der Waals surface area (Å²) in [7, 11) is 0. The Hall–Kier alpha value is -0.550. The second-order valence-electron chi connectivity index (χ2n) is 7.17. The molecule has 0 amide bonds. The topological polar surface area (TPSA) is 27.0 Å². The highest BCUT2D eigenvalue weighted by Gasteiger charge is 2.36. The third kappa shape index (κ3) is 3.72. The molecule has 0 bridgehead atoms. The molecule has 19 heavy (non-hydrogen) atoms. The van der Waals surface area contributed by atoms with Gasteiger partial charge in [0.1, 0.15) is 0 Å². The van der Waals surface area contributed by atoms with Crippen molar-refractivity contribution in [1.29, 1.82) is 5.26 Å². The standard InChI is InChI=1S/C17H30N2/c1-4-5-15-6-7-16(10-18)17(9-15)19-11-13(2)8-14(3)12-19/h13-17H,4-9,11-12H2,1-3H3. The van der Waals surface area contributed by atoms with Crippen molar-refractivity contribution in [2.45, 2.75) is 65.3 Å². The van der Waals surface area contributed by atoms with E-state index in [1.807, 2.05) is 0 Å². The Kier molecular flexibility index (Phi) is 5.28. The fraction of sp³-hybridized carbons (Fsp3) is 0.941. The van der Waals surface area contributed by atoms with Crippen LogP contribution in [-0.2, 0) is 0 Å². The first-order chi connectivity index (χ1) is 9.13. The number of nitriles is 1. The molecule has 5 atom stereocenters. The van der Waals surface area contributed by atoms with Gasteiger partial charge in [-0.25, -0.2) is 0 Å². The van der Waals surface area contributed by atoms with Crippen LogP contribution < -0.4 is 0 Å². The summed E-state index contributed by atoms with van der Waals surface area (Å²) >= 11 is 0. The minimum atomic E-state index is 0.283. The van der Waals surface area contributed by atoms with Crippen molar-refractivity contribution in [3.05, 3.63) is 0 Å². The van der Waals surface area contributed by atoms with Gasteiger partial charge in [0.05, 0.1) is 12.0 Å². The maximum absolute atomic E-state index is 9.46. The van der Waals surface area contributed by atoms with Crippen molar-refractivity contribution in [1.82, 2.24) is 4.90 Å². The quantitative estimate of drug-likeness (QED) is 0.766. The van der Waals surface area contributed by atoms with E-state index in [0.29, 0.717) is 6.04 Å². The van der Waals surface area contributed by atoms with Gasteiger partial charge in [0, 0.05) is 19.1 Å². The van der Waals surface area contributed by atoms with E-state index in [9.17, 15) is 5.26 Å². The maximum Gasteiger partial charge on any atom is 0.0672 e. The van der Waals surface area contributed by atoms with Crippen LogP contribution in [0.2, 0.25) is 0 Å². The van der Waals surface area contributed by atoms with Gasteiger partial charge in [0.2, 0.25) is 0 Å². The van der Waals surface area contributed by atoms with Crippen molar-refractivity contribution in [2.75, 3.05) is 13.1 Å². The summed E-state index contributed by atoms with van der Waals surface area (Å²) in [6.07, 6.45) is 7.69. The van der Waals surface area contributed by atoms with E-state index < -0.39 is 0 Å². The van der Waals surface area contributed by atoms with Crippen LogP contribution in [0, 0.1) is 35.0 Å². The van der Waals surface area contributed by atoms with E-state index in [1.165, 1.54) is 45.2 Å². The zero-order valence-electron chi connectivity index (χ0n) is 12.9. The number of piperidine rings is 1. The predicted molar refractivity (Wildman–Crippen MR) is 79.7 cm³/mol. The van der Waals surface area contributed by atoms with Crippen LogP contribution in [0.25, 0.3) is 0 Å². The zero-order valence-corrected chi connectivity index (χ0v) is 12.9. The summed E-state index contributed by atoms with van der Waals surface area (Å²) in [6.45, 7) is 9.46. The molecule has 0 aromatic carbocycles. The van der Waals surface area contributed by atoms with E-state index in [1.54, 1.807) is 0 Å². The Labute approximate surface area is 119 Å². The van der Waals surface area contributed by atoms with Gasteiger partial charge in [0.15, 0.2) is 0 Å². The molecule has 1 saturated heterocycles. The summed E-state index contributed by atoms with van der Waals surface area (Å²) in [5.41, 5.74) is 0. The molecule has 1 heterocycles. The zero-order chi connectivity index (χ0) is 13.8. The van der Waals surface area contributed by atoms with Crippen LogP contribution in [-0.4, -0.2) is 24.0 Å². The number of likely N-dealkylation sites (tertiary alicyclic amines) is 1. The van der Waals surface area contributed by atoms with E-state index in [0.717, 1.165) is 24.2 Å². The number of rotatable bonds is 3. The van der Waals surface area contributed by atoms with Gasteiger partial charge in [-0.05, 0) is 43.4 Å². The molecule has 2 rings (SSSR count). The molecule has 0 radical (unpaired) electrons. The van der Waals surface area contributed by atoms with E-state index >= 15 is 0 Å². The Bertz CT molecular complexity index is 310. The van der Waals surface area contributed by atoms with Gasteiger partial charge < -0.3 is 0 Å². The average Bonchev–Trinajstić information content (AvgIpc) is 2.38. The molecule has 0 aromatic rings. The normalized spacial score (nSPS) is 40.8. The van der Waals surface area contributed by atoms with Crippen LogP contribution in [0.15, 0.2) is 0 Å². The first-order valence-corrected chi connectivity index (χ1v) is 8.27. The fourth-order valence-electron chi connectivity index (χ4n) is 4.44. The lowest BCUT2D eigenvalue weighted by Crippen LogP contribution is -2.50. The van der Waals surface area contributed by atoms with Gasteiger partial charge >= 0.3 is 0 Å². The molecule has 2 aliphatic rings. The number of hydrogen-bond acceptors (Lipinski definition) is 2. The summed E-state index contributed by atoms with van der Waals surface area (Å²) < 4.78 is 0. The molecule has 1 saturated carbocycles. The first kappa shape index (κ1) is 14.9. The molecule has 1 aliphatic heterocycles. The van der Waals surface area contributed by atoms with E-state index in [2.05, 4.69) is 31.7 Å². The predicted octanol–water partition coefficient (Wildman–Crippen LogP) is 4.07. The highest BCUT2D eigenvalue weighted by Crippen LogP contribution is 2.36. The highest BCUT2D eigenvalue weighted by atomic mass is 15.2. The smallest absolute Gasteiger partial charge is 0.0672 e. The van der Waals surface area contributed by atoms with Gasteiger partial charge in [-0.1, -0.05) is 33.6 Å². The average molecular weight is 262 g/mol. The van der Waals surface area contributed by atoms with Crippen molar-refractivity contribution in [2.24, 2.45) is 23.7 Å². The Morgan fingerprint density at radius 3 is 2.37 bits per heavy atom. The SMILES string of the molecule is CCCC1CCC(C#N)C(N2CC(C)CC(C)C2)C1. The third-order valence-electron chi connectivity index (χ3n) is 5.15. The lowest BCUT2D eigenvalue weighted by atomic mass is 9.75. The first-order valence-electron chi connectivity index (χ1n) is 8.27. The number of hydrogen-bond donors (Lipinski definition) is 0. The van der Waals surface area contributed by atoms with Crippen LogP contribution in [0.5, 0.6) is 0 Å². The molecule has 0 aromatic heterocycles. The molecular formula is C17H30N2. The second kappa shape index (κ2) is 6.75. The molecule has 1 aliphatic carbocycles. The van der Waals surface area contributed by atoms with Crippen molar-refractivity contribution < 1.29 is 0 Å². The van der Waals surface area contributed by atoms with Crippen LogP contribution in [0.4, 0.5) is 0 Å². The van der Waals surface area contributed by atoms with Crippen LogP contribution in [0.1, 0.15) is 59.3 Å². The number of nitrogens with zero attached hydrogens (tertiary/aromatic N) is 2. The highest BCUT2D eigenvalue weighted by molar-refractivity contribution is 4.98. The van der Waals surface area contributed by atoms with Crippen molar-refractivity contribution >= 4 is 0 Å². The largest absolute Gasteiger partial charge is 0.299 e. The minimum absolute atomic E-state index is 0.283. The lowest BCUT2D eigenvalue weighted by molar-refractivity contribution is 0.0424. The molecule has 108 valence electrons. The van der Waals surface area contributed by atoms with Gasteiger partial charge in [-0.3, -0.25) is 4.90 Å². The van der Waals surface area contributed by atoms with Gasteiger partial charge in [0.25, 0.3) is 0 Å². The lowest BCUT2D eigenvalue weighted by Gasteiger charge is -2.45. The van der Waals surface area contributed by atoms with E-state index in [-0.39, 0.29) is 5.92 Å². The Morgan fingerprint density at radius 1 is 1.11 bits per heavy atom. The minimum Gasteiger partial charge on any atom is -0.299 e. The molecular weight excluding hydrogens is 232 g/mol. The third-order valence-corrected chi connectivity index (χ3v) is 5.15. The molecule has 0 spiro atoms. The van der Waals surface area contributed by atoms with Gasteiger partial charge in [-0.2, -0.15) is 5.26 Å². The Balaban J connectivity index is 2.03. The summed E-state index contributed by atoms with van der Waals surface area (Å²) in [5.74, 6) is 2.75. The Morgan fingerprint density at radius 2 is 1.79 bits per heavy atom. The molecule has 0 N–H and O–H groups in total. The summed E-state index contributed by atoms with van der Waals surface area (Å²) in [5, 5.41) is 9.46. The van der Waals surface area contributed by atoms with Crippen LogP contribution >= 0.6 is 0 Å². The van der Waals surface area contributed by atoms with Crippen molar-refractivity contribution in [3.63, 3.8) is 0 Å². The fourth-order valence-corrected chi connectivity index (χ4v) is 4.44.